The lowest BCUT2D eigenvalue weighted by Gasteiger charge is -2.24. The fourth-order valence-corrected chi connectivity index (χ4v) is 2.91. The molecule has 3 aromatic rings. The number of hydrogen-bond donors (Lipinski definition) is 0. The van der Waals surface area contributed by atoms with Crippen molar-refractivity contribution in [3.63, 3.8) is 0 Å². The maximum Gasteiger partial charge on any atom is 0.269 e. The molecule has 0 saturated heterocycles. The van der Waals surface area contributed by atoms with Crippen LogP contribution in [0.4, 0.5) is 5.69 Å². The van der Waals surface area contributed by atoms with Crippen LogP contribution in [0.2, 0.25) is 5.02 Å². The summed E-state index contributed by atoms with van der Waals surface area (Å²) in [5, 5.41) is 11.4. The molecule has 0 spiro atoms. The van der Waals surface area contributed by atoms with Gasteiger partial charge in [-0.05, 0) is 31.7 Å². The number of non-ortho nitro benzene ring substituents is 1. The summed E-state index contributed by atoms with van der Waals surface area (Å²) in [4.78, 5) is 29.3. The second kappa shape index (κ2) is 7.23. The van der Waals surface area contributed by atoms with Crippen LogP contribution in [0.5, 0.6) is 0 Å². The first-order chi connectivity index (χ1) is 12.3. The van der Waals surface area contributed by atoms with Crippen molar-refractivity contribution >= 4 is 22.9 Å². The van der Waals surface area contributed by atoms with Crippen molar-refractivity contribution in [1.29, 1.82) is 0 Å². The topological polar surface area (TPSA) is 80.8 Å². The first-order valence-corrected chi connectivity index (χ1v) is 8.35. The fraction of sp³-hybridized carbons (Fsp3) is 0.222. The normalized spacial score (nSPS) is 12.5. The number of fused-ring (bicyclic) bond motifs is 1. The van der Waals surface area contributed by atoms with Gasteiger partial charge in [0, 0.05) is 37.0 Å². The molecule has 0 bridgehead atoms. The van der Waals surface area contributed by atoms with Gasteiger partial charge in [0.25, 0.3) is 11.2 Å². The Labute approximate surface area is 154 Å². The van der Waals surface area contributed by atoms with E-state index < -0.39 is 4.92 Å². The molecule has 26 heavy (non-hydrogen) atoms. The SMILES string of the molecule is CC(c1cccc([N+](=O)[O-])c1)N(C)Cc1cc(=O)n2cc(Cl)ccc2n1. The number of benzene rings is 1. The minimum absolute atomic E-state index is 0.0571. The van der Waals surface area contributed by atoms with E-state index in [1.807, 2.05) is 24.9 Å². The van der Waals surface area contributed by atoms with E-state index in [0.717, 1.165) is 5.56 Å². The van der Waals surface area contributed by atoms with E-state index in [1.54, 1.807) is 24.3 Å². The summed E-state index contributed by atoms with van der Waals surface area (Å²) < 4.78 is 1.40. The Hall–Kier alpha value is -2.77. The van der Waals surface area contributed by atoms with E-state index in [4.69, 9.17) is 11.6 Å². The van der Waals surface area contributed by atoms with Gasteiger partial charge in [-0.1, -0.05) is 23.7 Å². The number of nitro benzene ring substituents is 1. The Morgan fingerprint density at radius 3 is 2.81 bits per heavy atom. The minimum atomic E-state index is -0.410. The Balaban J connectivity index is 1.85. The highest BCUT2D eigenvalue weighted by Gasteiger charge is 2.16. The van der Waals surface area contributed by atoms with E-state index in [9.17, 15) is 14.9 Å². The molecule has 0 fully saturated rings. The standard InChI is InChI=1S/C18H17ClN4O3/c1-12(13-4-3-5-16(8-13)23(25)26)21(2)11-15-9-18(24)22-10-14(19)6-7-17(22)20-15/h3-10,12H,11H2,1-2H3. The van der Waals surface area contributed by atoms with Crippen molar-refractivity contribution < 1.29 is 4.92 Å². The molecule has 0 aliphatic carbocycles. The third-order valence-electron chi connectivity index (χ3n) is 4.31. The van der Waals surface area contributed by atoms with Crippen molar-refractivity contribution in [2.45, 2.75) is 19.5 Å². The maximum atomic E-state index is 12.3. The summed E-state index contributed by atoms with van der Waals surface area (Å²) in [5.74, 6) is 0. The summed E-state index contributed by atoms with van der Waals surface area (Å²) in [6.45, 7) is 2.38. The number of halogens is 1. The van der Waals surface area contributed by atoms with Crippen LogP contribution >= 0.6 is 11.6 Å². The predicted molar refractivity (Wildman–Crippen MR) is 99.5 cm³/mol. The van der Waals surface area contributed by atoms with Crippen LogP contribution in [-0.2, 0) is 6.54 Å². The first kappa shape index (κ1) is 18.0. The van der Waals surface area contributed by atoms with E-state index in [1.165, 1.54) is 22.7 Å². The molecular formula is C18H17ClN4O3. The zero-order chi connectivity index (χ0) is 18.8. The molecule has 1 atom stereocenters. The molecule has 8 heteroatoms. The molecule has 1 aromatic carbocycles. The van der Waals surface area contributed by atoms with Gasteiger partial charge in [0.2, 0.25) is 0 Å². The van der Waals surface area contributed by atoms with Gasteiger partial charge in [0.15, 0.2) is 0 Å². The monoisotopic (exact) mass is 372 g/mol. The fourth-order valence-electron chi connectivity index (χ4n) is 2.75. The molecule has 2 aromatic heterocycles. The highest BCUT2D eigenvalue weighted by Crippen LogP contribution is 2.24. The van der Waals surface area contributed by atoms with E-state index in [2.05, 4.69) is 4.98 Å². The van der Waals surface area contributed by atoms with Gasteiger partial charge in [0.1, 0.15) is 5.65 Å². The molecule has 0 aliphatic heterocycles. The first-order valence-electron chi connectivity index (χ1n) is 7.97. The highest BCUT2D eigenvalue weighted by atomic mass is 35.5. The minimum Gasteiger partial charge on any atom is -0.294 e. The summed E-state index contributed by atoms with van der Waals surface area (Å²) in [6, 6.07) is 11.3. The number of hydrogen-bond acceptors (Lipinski definition) is 5. The number of nitro groups is 1. The Morgan fingerprint density at radius 1 is 1.31 bits per heavy atom. The molecule has 0 radical (unpaired) electrons. The van der Waals surface area contributed by atoms with Gasteiger partial charge < -0.3 is 0 Å². The lowest BCUT2D eigenvalue weighted by Crippen LogP contribution is -2.24. The second-order valence-corrected chi connectivity index (χ2v) is 6.54. The third-order valence-corrected chi connectivity index (χ3v) is 4.54. The van der Waals surface area contributed by atoms with E-state index in [-0.39, 0.29) is 17.3 Å². The molecule has 3 rings (SSSR count). The van der Waals surface area contributed by atoms with Gasteiger partial charge in [0.05, 0.1) is 15.6 Å². The van der Waals surface area contributed by atoms with Gasteiger partial charge >= 0.3 is 0 Å². The highest BCUT2D eigenvalue weighted by molar-refractivity contribution is 6.30. The summed E-state index contributed by atoms with van der Waals surface area (Å²) >= 11 is 5.92. The van der Waals surface area contributed by atoms with Gasteiger partial charge in [-0.2, -0.15) is 0 Å². The van der Waals surface area contributed by atoms with Crippen LogP contribution in [0.25, 0.3) is 5.65 Å². The molecule has 1 unspecified atom stereocenters. The van der Waals surface area contributed by atoms with Crippen molar-refractivity contribution in [2.24, 2.45) is 0 Å². The third kappa shape index (κ3) is 3.74. The van der Waals surface area contributed by atoms with E-state index >= 15 is 0 Å². The maximum absolute atomic E-state index is 12.3. The zero-order valence-electron chi connectivity index (χ0n) is 14.3. The molecule has 0 aliphatic rings. The number of pyridine rings is 1. The Bertz CT molecular complexity index is 1030. The molecule has 0 amide bonds. The molecule has 2 heterocycles. The predicted octanol–water partition coefficient (Wildman–Crippen LogP) is 3.45. The van der Waals surface area contributed by atoms with Crippen LogP contribution in [-0.4, -0.2) is 26.3 Å². The molecule has 0 saturated carbocycles. The second-order valence-electron chi connectivity index (χ2n) is 6.10. The average molecular weight is 373 g/mol. The number of rotatable bonds is 5. The van der Waals surface area contributed by atoms with Gasteiger partial charge in [-0.15, -0.1) is 0 Å². The van der Waals surface area contributed by atoms with Gasteiger partial charge in [-0.25, -0.2) is 4.98 Å². The molecular weight excluding hydrogens is 356 g/mol. The zero-order valence-corrected chi connectivity index (χ0v) is 15.1. The average Bonchev–Trinajstić information content (AvgIpc) is 2.61. The van der Waals surface area contributed by atoms with Crippen LogP contribution in [0.1, 0.15) is 24.2 Å². The summed E-state index contributed by atoms with van der Waals surface area (Å²) in [5.41, 5.74) is 1.82. The van der Waals surface area contributed by atoms with Crippen molar-refractivity contribution in [1.82, 2.24) is 14.3 Å². The van der Waals surface area contributed by atoms with Crippen LogP contribution < -0.4 is 5.56 Å². The summed E-state index contributed by atoms with van der Waals surface area (Å²) in [6.07, 6.45) is 1.53. The lowest BCUT2D eigenvalue weighted by atomic mass is 10.1. The molecule has 7 nitrogen and oxygen atoms in total. The molecule has 134 valence electrons. The lowest BCUT2D eigenvalue weighted by molar-refractivity contribution is -0.384. The van der Waals surface area contributed by atoms with Crippen molar-refractivity contribution in [2.75, 3.05) is 7.05 Å². The number of nitrogens with zero attached hydrogens (tertiary/aromatic N) is 4. The number of aromatic nitrogens is 2. The van der Waals surface area contributed by atoms with Crippen LogP contribution in [0.15, 0.2) is 53.5 Å². The molecule has 0 N–H and O–H groups in total. The van der Waals surface area contributed by atoms with Crippen molar-refractivity contribution in [3.05, 3.63) is 85.4 Å². The largest absolute Gasteiger partial charge is 0.294 e. The van der Waals surface area contributed by atoms with E-state index in [0.29, 0.717) is 22.9 Å². The van der Waals surface area contributed by atoms with Crippen LogP contribution in [0, 0.1) is 10.1 Å². The van der Waals surface area contributed by atoms with Crippen molar-refractivity contribution in [3.8, 4) is 0 Å². The quantitative estimate of drug-likeness (QED) is 0.506. The summed E-state index contributed by atoms with van der Waals surface area (Å²) in [7, 11) is 1.88. The van der Waals surface area contributed by atoms with Crippen LogP contribution in [0.3, 0.4) is 0 Å². The smallest absolute Gasteiger partial charge is 0.269 e. The van der Waals surface area contributed by atoms with Gasteiger partial charge in [-0.3, -0.25) is 24.2 Å². The Morgan fingerprint density at radius 2 is 2.08 bits per heavy atom. The Kier molecular flexibility index (Phi) is 5.01.